The van der Waals surface area contributed by atoms with Crippen LogP contribution in [-0.4, -0.2) is 19.0 Å². The monoisotopic (exact) mass is 367 g/mol. The first-order valence-electron chi connectivity index (χ1n) is 11.3. The molecule has 0 heterocycles. The molecule has 4 rings (SSSR count). The second-order valence-electron chi connectivity index (χ2n) is 10.5. The molecule has 0 amide bonds. The summed E-state index contributed by atoms with van der Waals surface area (Å²) in [5.74, 6) is 11.2. The van der Waals surface area contributed by atoms with Crippen molar-refractivity contribution in [2.75, 3.05) is 6.54 Å². The summed E-state index contributed by atoms with van der Waals surface area (Å²) < 4.78 is 0. The van der Waals surface area contributed by atoms with E-state index in [1.165, 1.54) is 51.4 Å². The van der Waals surface area contributed by atoms with Gasteiger partial charge < -0.3 is 4.99 Å². The summed E-state index contributed by atoms with van der Waals surface area (Å²) in [7, 11) is 0. The van der Waals surface area contributed by atoms with E-state index in [4.69, 9.17) is 0 Å². The largest absolute Gasteiger partial charge is 0.300 e. The van der Waals surface area contributed by atoms with E-state index in [-0.39, 0.29) is 5.41 Å². The highest BCUT2D eigenvalue weighted by atomic mass is 16.1. The molecule has 4 aliphatic rings. The van der Waals surface area contributed by atoms with Crippen LogP contribution in [0, 0.1) is 58.2 Å². The zero-order valence-electron chi connectivity index (χ0n) is 17.6. The van der Waals surface area contributed by atoms with Gasteiger partial charge in [-0.25, -0.2) is 0 Å². The Labute approximate surface area is 166 Å². The van der Waals surface area contributed by atoms with Crippen molar-refractivity contribution in [3.63, 3.8) is 0 Å². The van der Waals surface area contributed by atoms with Crippen LogP contribution >= 0.6 is 0 Å². The Morgan fingerprint density at radius 3 is 2.48 bits per heavy atom. The van der Waals surface area contributed by atoms with Crippen LogP contribution in [0.25, 0.3) is 0 Å². The minimum atomic E-state index is 0.272. The van der Waals surface area contributed by atoms with Crippen LogP contribution in [0.2, 0.25) is 0 Å². The van der Waals surface area contributed by atoms with Gasteiger partial charge in [-0.2, -0.15) is 0 Å². The number of hydrogen-bond donors (Lipinski definition) is 0. The molecule has 0 aliphatic heterocycles. The zero-order chi connectivity index (χ0) is 19.2. The molecule has 27 heavy (non-hydrogen) atoms. The maximum absolute atomic E-state index is 12.3. The van der Waals surface area contributed by atoms with Crippen LogP contribution in [0.15, 0.2) is 4.99 Å². The molecule has 4 unspecified atom stereocenters. The van der Waals surface area contributed by atoms with Gasteiger partial charge in [-0.05, 0) is 113 Å². The molecule has 0 spiro atoms. The van der Waals surface area contributed by atoms with Crippen molar-refractivity contribution in [1.29, 1.82) is 0 Å². The topological polar surface area (TPSA) is 29.4 Å². The van der Waals surface area contributed by atoms with E-state index >= 15 is 0 Å². The molecule has 2 nitrogen and oxygen atoms in total. The van der Waals surface area contributed by atoms with Gasteiger partial charge in [0.15, 0.2) is 0 Å². The number of carbonyl (C=O) groups excluding carboxylic acids is 1. The predicted molar refractivity (Wildman–Crippen MR) is 112 cm³/mol. The smallest absolute Gasteiger partial charge is 0.133 e. The molecule has 8 atom stereocenters. The number of fused-ring (bicyclic) bond motifs is 5. The molecular formula is C25H37NO. The molecule has 0 aromatic rings. The third-order valence-corrected chi connectivity index (χ3v) is 9.52. The van der Waals surface area contributed by atoms with Gasteiger partial charge in [0.25, 0.3) is 0 Å². The Morgan fingerprint density at radius 1 is 1.07 bits per heavy atom. The molecule has 0 aromatic heterocycles. The van der Waals surface area contributed by atoms with Crippen molar-refractivity contribution in [2.24, 2.45) is 51.3 Å². The van der Waals surface area contributed by atoms with Crippen LogP contribution in [0.5, 0.6) is 0 Å². The lowest BCUT2D eigenvalue weighted by molar-refractivity contribution is -0.131. The summed E-state index contributed by atoms with van der Waals surface area (Å²) in [6.07, 6.45) is 11.5. The van der Waals surface area contributed by atoms with Gasteiger partial charge in [-0.15, -0.1) is 11.8 Å². The predicted octanol–water partition coefficient (Wildman–Crippen LogP) is 5.55. The minimum absolute atomic E-state index is 0.272. The third kappa shape index (κ3) is 2.92. The van der Waals surface area contributed by atoms with E-state index in [9.17, 15) is 4.79 Å². The standard InChI is InChI=1S/C25H37NO/c1-5-6-18-7-8-23-20-11-13-24(3)21(17(2)27)9-10-22(24)19(20)12-14-25(23,15-18)16-26-4/h18-23H,4,7-16H2,1-3H3/t18-,19?,20?,21+,22?,23+,24+,25?/m0/s1. The van der Waals surface area contributed by atoms with Crippen LogP contribution in [0.4, 0.5) is 0 Å². The molecule has 2 heteroatoms. The van der Waals surface area contributed by atoms with E-state index in [1.54, 1.807) is 0 Å². The first kappa shape index (κ1) is 19.2. The highest BCUT2D eigenvalue weighted by Crippen LogP contribution is 2.67. The summed E-state index contributed by atoms with van der Waals surface area (Å²) in [5.41, 5.74) is 0.622. The second kappa shape index (κ2) is 7.06. The molecule has 0 aromatic carbocycles. The van der Waals surface area contributed by atoms with Crippen molar-refractivity contribution in [3.05, 3.63) is 0 Å². The Kier molecular flexibility index (Phi) is 5.02. The van der Waals surface area contributed by atoms with Gasteiger partial charge in [0, 0.05) is 18.4 Å². The molecule has 4 saturated carbocycles. The van der Waals surface area contributed by atoms with Crippen molar-refractivity contribution < 1.29 is 4.79 Å². The molecule has 4 fully saturated rings. The lowest BCUT2D eigenvalue weighted by atomic mass is 9.45. The maximum atomic E-state index is 12.3. The quantitative estimate of drug-likeness (QED) is 0.475. The zero-order valence-corrected chi connectivity index (χ0v) is 17.6. The average molecular weight is 368 g/mol. The third-order valence-electron chi connectivity index (χ3n) is 9.52. The van der Waals surface area contributed by atoms with Crippen molar-refractivity contribution >= 4 is 12.5 Å². The fourth-order valence-electron chi connectivity index (χ4n) is 8.55. The van der Waals surface area contributed by atoms with Gasteiger partial charge in [-0.1, -0.05) is 6.92 Å². The molecule has 4 aliphatic carbocycles. The molecule has 0 N–H and O–H groups in total. The van der Waals surface area contributed by atoms with Gasteiger partial charge in [0.2, 0.25) is 0 Å². The van der Waals surface area contributed by atoms with Gasteiger partial charge in [-0.3, -0.25) is 4.79 Å². The highest BCUT2D eigenvalue weighted by Gasteiger charge is 2.60. The first-order valence-corrected chi connectivity index (χ1v) is 11.3. The summed E-state index contributed by atoms with van der Waals surface area (Å²) in [5, 5.41) is 0. The van der Waals surface area contributed by atoms with E-state index in [1.807, 2.05) is 13.8 Å². The molecule has 0 radical (unpaired) electrons. The SMILES string of the molecule is C=NCC12CCC3C(CC[C@@]4(C)C3CC[C@@H]4C(C)=O)[C@H]1CC[C@H](C#CC)C2. The van der Waals surface area contributed by atoms with E-state index < -0.39 is 0 Å². The molecular weight excluding hydrogens is 330 g/mol. The van der Waals surface area contributed by atoms with E-state index in [2.05, 4.69) is 30.5 Å². The number of ketones is 1. The first-order chi connectivity index (χ1) is 12.9. The maximum Gasteiger partial charge on any atom is 0.133 e. The Morgan fingerprint density at radius 2 is 1.78 bits per heavy atom. The number of hydrogen-bond acceptors (Lipinski definition) is 2. The van der Waals surface area contributed by atoms with Gasteiger partial charge >= 0.3 is 0 Å². The fraction of sp³-hybridized carbons (Fsp3) is 0.840. The van der Waals surface area contributed by atoms with Crippen molar-refractivity contribution in [1.82, 2.24) is 0 Å². The number of nitrogens with zero attached hydrogens (tertiary/aromatic N) is 1. The Balaban J connectivity index is 1.60. The van der Waals surface area contributed by atoms with E-state index in [0.717, 1.165) is 36.6 Å². The van der Waals surface area contributed by atoms with E-state index in [0.29, 0.717) is 23.0 Å². The van der Waals surface area contributed by atoms with Crippen molar-refractivity contribution in [2.45, 2.75) is 78.6 Å². The summed E-state index contributed by atoms with van der Waals surface area (Å²) in [6.45, 7) is 11.1. The lowest BCUT2D eigenvalue weighted by Gasteiger charge is -2.60. The second-order valence-corrected chi connectivity index (χ2v) is 10.5. The molecule has 148 valence electrons. The van der Waals surface area contributed by atoms with Gasteiger partial charge in [0.1, 0.15) is 5.78 Å². The number of aliphatic imine (C=N–C) groups is 1. The normalized spacial score (nSPS) is 48.4. The van der Waals surface area contributed by atoms with Crippen LogP contribution in [0.1, 0.15) is 78.6 Å². The van der Waals surface area contributed by atoms with Crippen LogP contribution < -0.4 is 0 Å². The van der Waals surface area contributed by atoms with Crippen molar-refractivity contribution in [3.8, 4) is 11.8 Å². The molecule has 0 bridgehead atoms. The number of Topliss-reactive ketones (excluding diaryl/α,β-unsaturated/α-hetero) is 1. The summed E-state index contributed by atoms with van der Waals surface area (Å²) >= 11 is 0. The minimum Gasteiger partial charge on any atom is -0.300 e. The Bertz CT molecular complexity index is 672. The lowest BCUT2D eigenvalue weighted by Crippen LogP contribution is -2.54. The number of carbonyl (C=O) groups is 1. The highest BCUT2D eigenvalue weighted by molar-refractivity contribution is 5.79. The fourth-order valence-corrected chi connectivity index (χ4v) is 8.55. The summed E-state index contributed by atoms with van der Waals surface area (Å²) in [6, 6.07) is 0. The van der Waals surface area contributed by atoms with Gasteiger partial charge in [0.05, 0.1) is 0 Å². The number of rotatable bonds is 3. The van der Waals surface area contributed by atoms with Crippen LogP contribution in [0.3, 0.4) is 0 Å². The summed E-state index contributed by atoms with van der Waals surface area (Å²) in [4.78, 5) is 16.7. The average Bonchev–Trinajstić information content (AvgIpc) is 2.99. The Hall–Kier alpha value is -1.10. The van der Waals surface area contributed by atoms with Crippen LogP contribution in [-0.2, 0) is 4.79 Å². The molecule has 0 saturated heterocycles.